The first kappa shape index (κ1) is 20.0. The molecule has 1 aliphatic carbocycles. The van der Waals surface area contributed by atoms with Gasteiger partial charge >= 0.3 is 0 Å². The van der Waals surface area contributed by atoms with Crippen molar-refractivity contribution in [2.45, 2.75) is 57.2 Å². The quantitative estimate of drug-likeness (QED) is 0.728. The number of nitrogens with zero attached hydrogens (tertiary/aromatic N) is 1. The highest BCUT2D eigenvalue weighted by molar-refractivity contribution is 5.41. The third-order valence-corrected chi connectivity index (χ3v) is 6.63. The molecule has 0 bridgehead atoms. The molecule has 1 N–H and O–H groups in total. The fraction of sp³-hybridized carbons (Fsp3) is 0.538. The molecule has 4 nitrogen and oxygen atoms in total. The maximum atomic E-state index is 6.29. The molecule has 160 valence electrons. The average Bonchev–Trinajstić information content (AvgIpc) is 3.53. The Morgan fingerprint density at radius 2 is 1.93 bits per heavy atom. The molecule has 3 aliphatic rings. The first-order chi connectivity index (χ1) is 14.7. The SMILES string of the molecule is CC(C)c1ccccc1[C@@H]1CN(Cc2ccc(C3COC3)c(OC3CC3)c2)CCN1. The minimum absolute atomic E-state index is 0.394. The van der Waals surface area contributed by atoms with Crippen LogP contribution >= 0.6 is 0 Å². The van der Waals surface area contributed by atoms with E-state index in [0.29, 0.717) is 24.0 Å². The number of rotatable bonds is 7. The lowest BCUT2D eigenvalue weighted by Crippen LogP contribution is -2.45. The second-order valence-corrected chi connectivity index (χ2v) is 9.45. The Labute approximate surface area is 180 Å². The minimum Gasteiger partial charge on any atom is -0.490 e. The standard InChI is InChI=1S/C26H34N2O2/c1-18(2)22-5-3-4-6-24(22)25-15-28(12-11-27-25)14-19-7-10-23(20-16-29-17-20)26(13-19)30-21-8-9-21/h3-7,10,13,18,20-21,25,27H,8-9,11-12,14-17H2,1-2H3/t25-/m0/s1. The lowest BCUT2D eigenvalue weighted by Gasteiger charge is -2.35. The van der Waals surface area contributed by atoms with Crippen LogP contribution in [0.2, 0.25) is 0 Å². The molecule has 2 aromatic rings. The topological polar surface area (TPSA) is 33.7 Å². The molecule has 0 aromatic heterocycles. The monoisotopic (exact) mass is 406 g/mol. The van der Waals surface area contributed by atoms with E-state index in [9.17, 15) is 0 Å². The van der Waals surface area contributed by atoms with Gasteiger partial charge in [0.2, 0.25) is 0 Å². The summed E-state index contributed by atoms with van der Waals surface area (Å²) in [6.07, 6.45) is 2.81. The largest absolute Gasteiger partial charge is 0.490 e. The van der Waals surface area contributed by atoms with Gasteiger partial charge < -0.3 is 14.8 Å². The maximum Gasteiger partial charge on any atom is 0.123 e. The molecule has 4 heteroatoms. The van der Waals surface area contributed by atoms with E-state index in [4.69, 9.17) is 9.47 Å². The van der Waals surface area contributed by atoms with E-state index >= 15 is 0 Å². The fourth-order valence-electron chi connectivity index (χ4n) is 4.67. The Hall–Kier alpha value is -1.88. The first-order valence-corrected chi connectivity index (χ1v) is 11.6. The summed E-state index contributed by atoms with van der Waals surface area (Å²) in [4.78, 5) is 2.58. The van der Waals surface area contributed by atoms with Crippen molar-refractivity contribution < 1.29 is 9.47 Å². The van der Waals surface area contributed by atoms with Crippen LogP contribution in [0.15, 0.2) is 42.5 Å². The van der Waals surface area contributed by atoms with Crippen molar-refractivity contribution in [1.29, 1.82) is 0 Å². The molecule has 5 rings (SSSR count). The van der Waals surface area contributed by atoms with Gasteiger partial charge in [0, 0.05) is 43.7 Å². The summed E-state index contributed by atoms with van der Waals surface area (Å²) >= 11 is 0. The van der Waals surface area contributed by atoms with Gasteiger partial charge in [-0.05, 0) is 41.5 Å². The van der Waals surface area contributed by atoms with Gasteiger partial charge in [0.1, 0.15) is 5.75 Å². The third kappa shape index (κ3) is 4.41. The number of hydrogen-bond donors (Lipinski definition) is 1. The van der Waals surface area contributed by atoms with E-state index in [2.05, 4.69) is 66.5 Å². The van der Waals surface area contributed by atoms with Crippen LogP contribution in [0.5, 0.6) is 5.75 Å². The Bertz CT molecular complexity index is 873. The molecule has 0 amide bonds. The van der Waals surface area contributed by atoms with Crippen molar-refractivity contribution in [3.8, 4) is 5.75 Å². The van der Waals surface area contributed by atoms with Gasteiger partial charge in [-0.25, -0.2) is 0 Å². The van der Waals surface area contributed by atoms with Gasteiger partial charge in [-0.1, -0.05) is 50.2 Å². The molecule has 30 heavy (non-hydrogen) atoms. The number of nitrogens with one attached hydrogen (secondary N) is 1. The van der Waals surface area contributed by atoms with E-state index < -0.39 is 0 Å². The number of ether oxygens (including phenoxy) is 2. The van der Waals surface area contributed by atoms with E-state index in [1.807, 2.05) is 0 Å². The predicted molar refractivity (Wildman–Crippen MR) is 120 cm³/mol. The number of benzene rings is 2. The van der Waals surface area contributed by atoms with E-state index in [-0.39, 0.29) is 0 Å². The smallest absolute Gasteiger partial charge is 0.123 e. The molecular weight excluding hydrogens is 372 g/mol. The van der Waals surface area contributed by atoms with Crippen LogP contribution < -0.4 is 10.1 Å². The molecule has 0 radical (unpaired) electrons. The summed E-state index contributed by atoms with van der Waals surface area (Å²) in [7, 11) is 0. The molecule has 2 heterocycles. The van der Waals surface area contributed by atoms with Crippen molar-refractivity contribution >= 4 is 0 Å². The first-order valence-electron chi connectivity index (χ1n) is 11.6. The van der Waals surface area contributed by atoms with Gasteiger partial charge in [-0.15, -0.1) is 0 Å². The molecule has 2 saturated heterocycles. The normalized spacial score (nSPS) is 22.8. The summed E-state index contributed by atoms with van der Waals surface area (Å²) in [5.41, 5.74) is 5.60. The lowest BCUT2D eigenvalue weighted by molar-refractivity contribution is 0.00720. The van der Waals surface area contributed by atoms with Crippen LogP contribution in [0.4, 0.5) is 0 Å². The Kier molecular flexibility index (Phi) is 5.81. The Morgan fingerprint density at radius 1 is 1.10 bits per heavy atom. The highest BCUT2D eigenvalue weighted by Crippen LogP contribution is 2.37. The number of piperazine rings is 1. The molecule has 2 aromatic carbocycles. The molecule has 2 aliphatic heterocycles. The van der Waals surface area contributed by atoms with Gasteiger partial charge in [-0.3, -0.25) is 4.90 Å². The van der Waals surface area contributed by atoms with Crippen molar-refractivity contribution in [2.75, 3.05) is 32.8 Å². The fourth-order valence-corrected chi connectivity index (χ4v) is 4.67. The lowest BCUT2D eigenvalue weighted by atomic mass is 9.91. The van der Waals surface area contributed by atoms with E-state index in [0.717, 1.165) is 45.1 Å². The number of hydrogen-bond acceptors (Lipinski definition) is 4. The summed E-state index contributed by atoms with van der Waals surface area (Å²) in [5, 5.41) is 3.75. The second-order valence-electron chi connectivity index (χ2n) is 9.45. The molecule has 1 atom stereocenters. The zero-order valence-electron chi connectivity index (χ0n) is 18.3. The van der Waals surface area contributed by atoms with Crippen LogP contribution in [-0.2, 0) is 11.3 Å². The van der Waals surface area contributed by atoms with Crippen molar-refractivity contribution in [1.82, 2.24) is 10.2 Å². The van der Waals surface area contributed by atoms with Gasteiger partial charge in [0.05, 0.1) is 19.3 Å². The summed E-state index contributed by atoms with van der Waals surface area (Å²) in [6, 6.07) is 16.2. The van der Waals surface area contributed by atoms with Crippen molar-refractivity contribution in [3.63, 3.8) is 0 Å². The van der Waals surface area contributed by atoms with Crippen LogP contribution in [0.1, 0.15) is 66.8 Å². The zero-order valence-corrected chi connectivity index (χ0v) is 18.3. The maximum absolute atomic E-state index is 6.29. The Morgan fingerprint density at radius 3 is 2.67 bits per heavy atom. The molecular formula is C26H34N2O2. The van der Waals surface area contributed by atoms with Crippen LogP contribution in [-0.4, -0.2) is 43.9 Å². The molecule has 0 spiro atoms. The Balaban J connectivity index is 1.30. The zero-order chi connectivity index (χ0) is 20.5. The van der Waals surface area contributed by atoms with E-state index in [1.54, 1.807) is 0 Å². The minimum atomic E-state index is 0.394. The third-order valence-electron chi connectivity index (χ3n) is 6.63. The van der Waals surface area contributed by atoms with Crippen LogP contribution in [0.25, 0.3) is 0 Å². The molecule has 1 saturated carbocycles. The van der Waals surface area contributed by atoms with E-state index in [1.165, 1.54) is 35.1 Å². The molecule has 0 unspecified atom stereocenters. The van der Waals surface area contributed by atoms with Gasteiger partial charge in [0.15, 0.2) is 0 Å². The highest BCUT2D eigenvalue weighted by atomic mass is 16.5. The van der Waals surface area contributed by atoms with Crippen LogP contribution in [0.3, 0.4) is 0 Å². The summed E-state index contributed by atoms with van der Waals surface area (Å²) in [5.74, 6) is 2.15. The van der Waals surface area contributed by atoms with Crippen LogP contribution in [0, 0.1) is 0 Å². The molecule has 3 fully saturated rings. The van der Waals surface area contributed by atoms with Crippen molar-refractivity contribution in [2.24, 2.45) is 0 Å². The van der Waals surface area contributed by atoms with Gasteiger partial charge in [-0.2, -0.15) is 0 Å². The van der Waals surface area contributed by atoms with Crippen molar-refractivity contribution in [3.05, 3.63) is 64.7 Å². The summed E-state index contributed by atoms with van der Waals surface area (Å²) < 4.78 is 11.7. The summed E-state index contributed by atoms with van der Waals surface area (Å²) in [6.45, 7) is 10.4. The predicted octanol–water partition coefficient (Wildman–Crippen LogP) is 4.61. The average molecular weight is 407 g/mol. The van der Waals surface area contributed by atoms with Gasteiger partial charge in [0.25, 0.3) is 0 Å². The second kappa shape index (κ2) is 8.70. The highest BCUT2D eigenvalue weighted by Gasteiger charge is 2.29.